The van der Waals surface area contributed by atoms with Crippen molar-refractivity contribution in [3.8, 4) is 0 Å². The smallest absolute Gasteiger partial charge is 0.327 e. The summed E-state index contributed by atoms with van der Waals surface area (Å²) < 4.78 is 31.1. The van der Waals surface area contributed by atoms with Gasteiger partial charge in [0.1, 0.15) is 60.3 Å². The number of hydrogen-bond donors (Lipinski definition) is 6. The fraction of sp³-hybridized carbons (Fsp3) is 0.614. The van der Waals surface area contributed by atoms with E-state index in [-0.39, 0.29) is 51.0 Å². The molecule has 7 fully saturated rings. The Morgan fingerprint density at radius 2 is 1.66 bits per heavy atom. The highest BCUT2D eigenvalue weighted by Gasteiger charge is 2.78. The van der Waals surface area contributed by atoms with E-state index in [1.807, 2.05) is 54.6 Å². The van der Waals surface area contributed by atoms with Gasteiger partial charge >= 0.3 is 5.97 Å². The third kappa shape index (κ3) is 7.71. The first-order valence-corrected chi connectivity index (χ1v) is 21.4. The first kappa shape index (κ1) is 42.5. The Morgan fingerprint density at radius 1 is 0.951 bits per heavy atom. The van der Waals surface area contributed by atoms with Crippen LogP contribution in [-0.4, -0.2) is 160 Å². The van der Waals surface area contributed by atoms with Crippen LogP contribution in [0.3, 0.4) is 0 Å². The molecule has 2 amide bonds. The lowest BCUT2D eigenvalue weighted by atomic mass is 9.62. The minimum absolute atomic E-state index is 0.00514. The van der Waals surface area contributed by atoms with Crippen LogP contribution in [0.4, 0.5) is 0 Å². The van der Waals surface area contributed by atoms with Gasteiger partial charge in [-0.15, -0.1) is 0 Å². The fourth-order valence-corrected chi connectivity index (χ4v) is 10.1. The van der Waals surface area contributed by atoms with E-state index in [9.17, 15) is 35.1 Å². The highest BCUT2D eigenvalue weighted by molar-refractivity contribution is 5.96. The average Bonchev–Trinajstić information content (AvgIpc) is 4.22. The SMILES string of the molecule is CN(C(=O)C12CC3OC(=O)C1N(Cc1ccc(C=CCOC4OC(CO)C(O)C(O)C4O)cc1)OC2C1OC(C2CC2)(C2CC2)OC31)C(Cc1ccccc1)C(=O)NCCO. The Bertz CT molecular complexity index is 1930. The molecule has 0 spiro atoms. The molecule has 2 bridgehead atoms. The van der Waals surface area contributed by atoms with Crippen LogP contribution in [0.1, 0.15) is 48.8 Å². The van der Waals surface area contributed by atoms with Crippen LogP contribution in [0.25, 0.3) is 6.08 Å². The van der Waals surface area contributed by atoms with Gasteiger partial charge in [0.15, 0.2) is 18.1 Å². The number of likely N-dealkylation sites (N-methyl/N-ethyl adjacent to an activating group) is 1. The molecule has 12 unspecified atom stereocenters. The predicted octanol–water partition coefficient (Wildman–Crippen LogP) is -0.205. The monoisotopic (exact) mass is 849 g/mol. The molecule has 7 aliphatic rings. The number of rotatable bonds is 16. The van der Waals surface area contributed by atoms with Gasteiger partial charge in [-0.2, -0.15) is 5.06 Å². The van der Waals surface area contributed by atoms with Crippen molar-refractivity contribution in [1.82, 2.24) is 15.3 Å². The highest BCUT2D eigenvalue weighted by Crippen LogP contribution is 2.64. The van der Waals surface area contributed by atoms with Crippen LogP contribution < -0.4 is 5.32 Å². The highest BCUT2D eigenvalue weighted by atomic mass is 16.8. The van der Waals surface area contributed by atoms with Gasteiger partial charge in [0.2, 0.25) is 11.8 Å². The summed E-state index contributed by atoms with van der Waals surface area (Å²) in [5, 5.41) is 53.6. The van der Waals surface area contributed by atoms with Gasteiger partial charge in [0, 0.05) is 38.3 Å². The number of amides is 2. The van der Waals surface area contributed by atoms with Crippen molar-refractivity contribution in [1.29, 1.82) is 0 Å². The molecule has 12 atom stereocenters. The minimum Gasteiger partial charge on any atom is -0.458 e. The Morgan fingerprint density at radius 3 is 2.33 bits per heavy atom. The maximum absolute atomic E-state index is 15.4. The number of aliphatic hydroxyl groups excluding tert-OH is 5. The molecule has 330 valence electrons. The van der Waals surface area contributed by atoms with Crippen molar-refractivity contribution in [2.45, 2.75) is 118 Å². The number of carbonyl (C=O) groups excluding carboxylic acids is 3. The third-order valence-electron chi connectivity index (χ3n) is 13.5. The second-order valence-corrected chi connectivity index (χ2v) is 17.5. The van der Waals surface area contributed by atoms with Gasteiger partial charge in [-0.05, 0) is 42.4 Å². The van der Waals surface area contributed by atoms with Crippen LogP contribution in [0.15, 0.2) is 60.7 Å². The molecular weight excluding hydrogens is 794 g/mol. The van der Waals surface area contributed by atoms with E-state index in [1.165, 1.54) is 9.96 Å². The van der Waals surface area contributed by atoms with Crippen molar-refractivity contribution in [3.05, 3.63) is 77.4 Å². The zero-order chi connectivity index (χ0) is 42.6. The van der Waals surface area contributed by atoms with E-state index in [0.717, 1.165) is 42.4 Å². The summed E-state index contributed by atoms with van der Waals surface area (Å²) in [6, 6.07) is 14.7. The number of aliphatic hydroxyl groups is 5. The lowest BCUT2D eigenvalue weighted by molar-refractivity contribution is -0.298. The van der Waals surface area contributed by atoms with Gasteiger partial charge in [0.25, 0.3) is 0 Å². The molecule has 3 aliphatic carbocycles. The van der Waals surface area contributed by atoms with Gasteiger partial charge in [-0.1, -0.05) is 66.7 Å². The average molecular weight is 850 g/mol. The summed E-state index contributed by atoms with van der Waals surface area (Å²) in [5.41, 5.74) is 0.915. The number of carbonyl (C=O) groups is 3. The summed E-state index contributed by atoms with van der Waals surface area (Å²) in [7, 11) is 1.58. The van der Waals surface area contributed by atoms with Gasteiger partial charge in [-0.25, -0.2) is 0 Å². The van der Waals surface area contributed by atoms with Crippen LogP contribution in [0, 0.1) is 17.3 Å². The molecule has 4 heterocycles. The van der Waals surface area contributed by atoms with E-state index in [2.05, 4.69) is 5.32 Å². The number of ether oxygens (including phenoxy) is 5. The number of fused-ring (bicyclic) bond motifs is 4. The summed E-state index contributed by atoms with van der Waals surface area (Å²) >= 11 is 0. The van der Waals surface area contributed by atoms with Crippen LogP contribution >= 0.6 is 0 Å². The minimum atomic E-state index is -1.54. The molecular formula is C44H55N3O14. The number of benzene rings is 2. The van der Waals surface area contributed by atoms with Crippen LogP contribution in [0.5, 0.6) is 0 Å². The molecule has 0 radical (unpaired) electrons. The first-order chi connectivity index (χ1) is 29.5. The second-order valence-electron chi connectivity index (χ2n) is 17.5. The lowest BCUT2D eigenvalue weighted by Crippen LogP contribution is -2.70. The van der Waals surface area contributed by atoms with Gasteiger partial charge < -0.3 is 59.4 Å². The molecule has 0 aromatic heterocycles. The lowest BCUT2D eigenvalue weighted by Gasteiger charge is -2.50. The van der Waals surface area contributed by atoms with E-state index in [1.54, 1.807) is 19.2 Å². The molecule has 4 aliphatic heterocycles. The molecule has 2 aromatic rings. The van der Waals surface area contributed by atoms with Crippen molar-refractivity contribution < 1.29 is 68.4 Å². The number of hydrogen-bond acceptors (Lipinski definition) is 15. The molecule has 17 heteroatoms. The summed E-state index contributed by atoms with van der Waals surface area (Å²) in [4.78, 5) is 51.9. The summed E-state index contributed by atoms with van der Waals surface area (Å²) in [6.45, 7) is -0.708. The normalized spacial score (nSPS) is 35.7. The zero-order valence-electron chi connectivity index (χ0n) is 33.9. The molecule has 17 nitrogen and oxygen atoms in total. The number of nitrogens with one attached hydrogen (secondary N) is 1. The Balaban J connectivity index is 0.969. The summed E-state index contributed by atoms with van der Waals surface area (Å²) in [5.74, 6) is -1.89. The predicted molar refractivity (Wildman–Crippen MR) is 211 cm³/mol. The van der Waals surface area contributed by atoms with Crippen LogP contribution in [-0.2, 0) is 55.9 Å². The first-order valence-electron chi connectivity index (χ1n) is 21.4. The van der Waals surface area contributed by atoms with E-state index in [0.29, 0.717) is 0 Å². The Labute approximate surface area is 353 Å². The van der Waals surface area contributed by atoms with E-state index < -0.39 is 103 Å². The second kappa shape index (κ2) is 17.0. The van der Waals surface area contributed by atoms with Gasteiger partial charge in [-0.3, -0.25) is 19.2 Å². The van der Waals surface area contributed by atoms with Gasteiger partial charge in [0.05, 0.1) is 26.4 Å². The topological polar surface area (TPSA) is 226 Å². The fourth-order valence-electron chi connectivity index (χ4n) is 10.1. The van der Waals surface area contributed by atoms with Crippen molar-refractivity contribution in [2.75, 3.05) is 33.4 Å². The number of hydroxylamine groups is 2. The number of nitrogens with zero attached hydrogens (tertiary/aromatic N) is 2. The standard InChI is InChI=1S/C44H55N3O14/c1-46(29(39(53)45-17-18-48)20-25-6-3-2-4-7-25)42(55)43-21-30-35-36(60-44(59-35,27-13-14-27)28-15-16-28)38(43)61-47(37(43)40(54)57-30)22-26-11-9-24(10-12-26)8-5-19-56-41-34(52)33(51)32(50)31(23-49)58-41/h2-12,27-38,41,48-52H,13-23H2,1H3,(H,45,53). The third-order valence-corrected chi connectivity index (χ3v) is 13.5. The van der Waals surface area contributed by atoms with Crippen molar-refractivity contribution in [3.63, 3.8) is 0 Å². The summed E-state index contributed by atoms with van der Waals surface area (Å²) in [6.07, 6.45) is -2.25. The maximum atomic E-state index is 15.4. The molecule has 4 saturated heterocycles. The molecule has 2 aromatic carbocycles. The van der Waals surface area contributed by atoms with E-state index >= 15 is 4.79 Å². The molecule has 9 rings (SSSR count). The van der Waals surface area contributed by atoms with Crippen LogP contribution in [0.2, 0.25) is 0 Å². The van der Waals surface area contributed by atoms with Crippen molar-refractivity contribution >= 4 is 23.9 Å². The molecule has 6 N–H and O–H groups in total. The number of esters is 1. The molecule has 3 saturated carbocycles. The Hall–Kier alpha value is -3.85. The van der Waals surface area contributed by atoms with Crippen molar-refractivity contribution in [2.24, 2.45) is 17.3 Å². The largest absolute Gasteiger partial charge is 0.458 e. The zero-order valence-corrected chi connectivity index (χ0v) is 33.9. The maximum Gasteiger partial charge on any atom is 0.327 e. The van der Waals surface area contributed by atoms with E-state index in [4.69, 9.17) is 28.5 Å². The quantitative estimate of drug-likeness (QED) is 0.120. The molecule has 61 heavy (non-hydrogen) atoms. The Kier molecular flexibility index (Phi) is 11.8.